The average Bonchev–Trinajstić information content (AvgIpc) is 3.40. The van der Waals surface area contributed by atoms with Crippen molar-refractivity contribution in [3.63, 3.8) is 0 Å². The van der Waals surface area contributed by atoms with Crippen LogP contribution in [0.4, 0.5) is 0 Å². The van der Waals surface area contributed by atoms with E-state index in [9.17, 15) is 28.3 Å². The number of benzene rings is 3. The van der Waals surface area contributed by atoms with E-state index < -0.39 is 29.0 Å². The summed E-state index contributed by atoms with van der Waals surface area (Å²) in [5.74, 6) is -1.21. The third kappa shape index (κ3) is 5.64. The van der Waals surface area contributed by atoms with E-state index in [2.05, 4.69) is 5.32 Å². The number of halogens is 2. The number of hydrogen-bond acceptors (Lipinski definition) is 6. The number of hydrogen-bond donors (Lipinski definition) is 3. The lowest BCUT2D eigenvalue weighted by Gasteiger charge is -2.30. The van der Waals surface area contributed by atoms with Crippen LogP contribution >= 0.6 is 23.2 Å². The highest BCUT2D eigenvalue weighted by molar-refractivity contribution is 7.79. The van der Waals surface area contributed by atoms with E-state index >= 15 is 0 Å². The van der Waals surface area contributed by atoms with Crippen molar-refractivity contribution in [3.8, 4) is 11.5 Å². The van der Waals surface area contributed by atoms with Gasteiger partial charge >= 0.3 is 5.97 Å². The van der Waals surface area contributed by atoms with Crippen LogP contribution in [0.1, 0.15) is 37.4 Å². The number of aliphatic carboxylic acids is 1. The number of nitrogens with zero attached hydrogens (tertiary/aromatic N) is 1. The molecule has 13 heteroatoms. The predicted octanol–water partition coefficient (Wildman–Crippen LogP) is 3.93. The molecule has 0 saturated carbocycles. The number of rotatable bonds is 7. The first-order chi connectivity index (χ1) is 19.1. The third-order valence-electron chi connectivity index (χ3n) is 6.68. The fourth-order valence-electron chi connectivity index (χ4n) is 4.69. The fraction of sp³-hybridized carbons (Fsp3) is 0.222. The van der Waals surface area contributed by atoms with Crippen LogP contribution in [0.2, 0.25) is 10.0 Å². The highest BCUT2D eigenvalue weighted by Gasteiger charge is 2.30. The van der Waals surface area contributed by atoms with Crippen LogP contribution < -0.4 is 14.8 Å². The fourth-order valence-corrected chi connectivity index (χ4v) is 5.90. The lowest BCUT2D eigenvalue weighted by Crippen LogP contribution is -2.42. The standard InChI is InChI=1S/C27H22Cl2N2O8S/c28-19-10-16-12-31(26(33)15-4-5-21-22(11-15)39-13-38-21)7-6-18(16)24(29)23(19)25(32)30-20(27(34)35)9-14-2-1-3-17(8-14)40(36)37/h1-5,8,10-11,20H,6-7,9,12-13H2,(H,30,32)(H,34,35)(H,36,37)/t20-/m0/s1. The highest BCUT2D eigenvalue weighted by atomic mass is 35.5. The minimum Gasteiger partial charge on any atom is -0.480 e. The van der Waals surface area contributed by atoms with Gasteiger partial charge in [-0.05, 0) is 59.5 Å². The number of nitrogens with one attached hydrogen (secondary N) is 1. The molecular weight excluding hydrogens is 583 g/mol. The quantitative estimate of drug-likeness (QED) is 0.344. The van der Waals surface area contributed by atoms with E-state index in [4.69, 9.17) is 32.7 Å². The summed E-state index contributed by atoms with van der Waals surface area (Å²) in [7, 11) is 0. The van der Waals surface area contributed by atoms with E-state index in [1.54, 1.807) is 35.2 Å². The zero-order valence-electron chi connectivity index (χ0n) is 20.7. The summed E-state index contributed by atoms with van der Waals surface area (Å²) in [5, 5.41) is 12.3. The van der Waals surface area contributed by atoms with E-state index in [1.807, 2.05) is 0 Å². The second-order valence-corrected chi connectivity index (χ2v) is 10.9. The lowest BCUT2D eigenvalue weighted by atomic mass is 9.95. The van der Waals surface area contributed by atoms with Gasteiger partial charge in [0.2, 0.25) is 6.79 Å². The van der Waals surface area contributed by atoms with Crippen LogP contribution in [0.25, 0.3) is 0 Å². The van der Waals surface area contributed by atoms with Crippen molar-refractivity contribution >= 4 is 52.1 Å². The van der Waals surface area contributed by atoms with Crippen LogP contribution in [0.3, 0.4) is 0 Å². The molecule has 1 unspecified atom stereocenters. The van der Waals surface area contributed by atoms with Gasteiger partial charge in [-0.25, -0.2) is 9.00 Å². The molecule has 3 aromatic rings. The Morgan fingerprint density at radius 1 is 1.07 bits per heavy atom. The molecule has 2 heterocycles. The first-order valence-corrected chi connectivity index (χ1v) is 13.9. The Balaban J connectivity index is 1.33. The van der Waals surface area contributed by atoms with Crippen LogP contribution in [0.5, 0.6) is 11.5 Å². The summed E-state index contributed by atoms with van der Waals surface area (Å²) >= 11 is 10.9. The SMILES string of the molecule is O=C(N[C@@H](Cc1cccc(S(=O)O)c1)C(=O)O)c1c(Cl)cc2c(c1Cl)CCN(C(=O)c1ccc3c(c1)OCO3)C2. The Hall–Kier alpha value is -3.64. The van der Waals surface area contributed by atoms with Gasteiger partial charge in [0.1, 0.15) is 6.04 Å². The minimum atomic E-state index is -2.23. The van der Waals surface area contributed by atoms with Gasteiger partial charge in [0.25, 0.3) is 11.8 Å². The van der Waals surface area contributed by atoms with Crippen molar-refractivity contribution in [2.24, 2.45) is 0 Å². The molecule has 0 saturated heterocycles. The zero-order valence-corrected chi connectivity index (χ0v) is 23.0. The lowest BCUT2D eigenvalue weighted by molar-refractivity contribution is -0.139. The molecule has 2 aliphatic rings. The maximum Gasteiger partial charge on any atom is 0.326 e. The van der Waals surface area contributed by atoms with Gasteiger partial charge in [-0.2, -0.15) is 0 Å². The molecule has 2 amide bonds. The number of carbonyl (C=O) groups is 3. The molecule has 0 radical (unpaired) electrons. The van der Waals surface area contributed by atoms with Crippen LogP contribution in [-0.4, -0.2) is 55.9 Å². The maximum absolute atomic E-state index is 13.2. The predicted molar refractivity (Wildman–Crippen MR) is 146 cm³/mol. The monoisotopic (exact) mass is 604 g/mol. The van der Waals surface area contributed by atoms with Crippen LogP contribution in [-0.2, 0) is 35.3 Å². The molecule has 10 nitrogen and oxygen atoms in total. The molecule has 0 aromatic heterocycles. The molecule has 2 aliphatic heterocycles. The minimum absolute atomic E-state index is 0.0143. The summed E-state index contributed by atoms with van der Waals surface area (Å²) in [6, 6.07) is 11.1. The van der Waals surface area contributed by atoms with E-state index in [0.29, 0.717) is 46.7 Å². The molecule has 40 heavy (non-hydrogen) atoms. The number of amides is 2. The van der Waals surface area contributed by atoms with Gasteiger partial charge < -0.3 is 29.3 Å². The topological polar surface area (TPSA) is 142 Å². The van der Waals surface area contributed by atoms with Crippen LogP contribution in [0, 0.1) is 0 Å². The Labute approximate surface area is 241 Å². The average molecular weight is 605 g/mol. The molecule has 5 rings (SSSR count). The molecule has 3 aromatic carbocycles. The van der Waals surface area contributed by atoms with Gasteiger partial charge in [-0.15, -0.1) is 0 Å². The summed E-state index contributed by atoms with van der Waals surface area (Å²) < 4.78 is 31.3. The van der Waals surface area contributed by atoms with Crippen molar-refractivity contribution < 1.29 is 37.7 Å². The summed E-state index contributed by atoms with van der Waals surface area (Å²) in [6.45, 7) is 0.649. The summed E-state index contributed by atoms with van der Waals surface area (Å²) in [5.41, 5.74) is 2.15. The normalized spacial score (nSPS) is 15.2. The Morgan fingerprint density at radius 2 is 1.85 bits per heavy atom. The van der Waals surface area contributed by atoms with Crippen molar-refractivity contribution in [2.45, 2.75) is 30.3 Å². The zero-order chi connectivity index (χ0) is 28.6. The summed E-state index contributed by atoms with van der Waals surface area (Å²) in [4.78, 5) is 40.0. The second-order valence-electron chi connectivity index (χ2n) is 9.19. The number of carbonyl (C=O) groups excluding carboxylic acids is 2. The van der Waals surface area contributed by atoms with Crippen molar-refractivity contribution in [1.29, 1.82) is 0 Å². The van der Waals surface area contributed by atoms with Crippen LogP contribution in [0.15, 0.2) is 53.4 Å². The summed E-state index contributed by atoms with van der Waals surface area (Å²) in [6.07, 6.45) is 0.221. The van der Waals surface area contributed by atoms with E-state index in [0.717, 1.165) is 0 Å². The van der Waals surface area contributed by atoms with Crippen molar-refractivity contribution in [3.05, 3.63) is 86.4 Å². The Kier molecular flexibility index (Phi) is 7.99. The number of carboxylic acid groups (broad SMARTS) is 1. The molecule has 0 aliphatic carbocycles. The number of carboxylic acids is 1. The van der Waals surface area contributed by atoms with Gasteiger partial charge in [-0.1, -0.05) is 35.3 Å². The maximum atomic E-state index is 13.2. The molecule has 3 N–H and O–H groups in total. The van der Waals surface area contributed by atoms with Crippen molar-refractivity contribution in [1.82, 2.24) is 10.2 Å². The Bertz CT molecular complexity index is 1560. The second kappa shape index (κ2) is 11.5. The largest absolute Gasteiger partial charge is 0.480 e. The molecule has 0 fully saturated rings. The van der Waals surface area contributed by atoms with Gasteiger partial charge in [0.05, 0.1) is 20.5 Å². The molecule has 0 spiro atoms. The van der Waals surface area contributed by atoms with Gasteiger partial charge in [-0.3, -0.25) is 9.59 Å². The number of fused-ring (bicyclic) bond motifs is 2. The molecular formula is C27H22Cl2N2O8S. The first-order valence-electron chi connectivity index (χ1n) is 12.0. The molecule has 0 bridgehead atoms. The highest BCUT2D eigenvalue weighted by Crippen LogP contribution is 2.36. The Morgan fingerprint density at radius 3 is 2.60 bits per heavy atom. The van der Waals surface area contributed by atoms with E-state index in [1.165, 1.54) is 18.2 Å². The molecule has 208 valence electrons. The number of ether oxygens (including phenoxy) is 2. The van der Waals surface area contributed by atoms with Gasteiger partial charge in [0, 0.05) is 25.1 Å². The van der Waals surface area contributed by atoms with E-state index in [-0.39, 0.29) is 46.2 Å². The third-order valence-corrected chi connectivity index (χ3v) is 8.05. The molecule has 2 atom stereocenters. The smallest absolute Gasteiger partial charge is 0.326 e. The van der Waals surface area contributed by atoms with Gasteiger partial charge in [0.15, 0.2) is 22.6 Å². The van der Waals surface area contributed by atoms with Crippen molar-refractivity contribution in [2.75, 3.05) is 13.3 Å². The first kappa shape index (κ1) is 27.9.